The number of halogens is 1. The van der Waals surface area contributed by atoms with Gasteiger partial charge in [-0.2, -0.15) is 5.26 Å². The molecule has 1 aromatic heterocycles. The second-order valence-corrected chi connectivity index (χ2v) is 6.03. The molecule has 2 rings (SSSR count). The molecular formula is C14H8BrNO2S. The average molecular weight is 334 g/mol. The van der Waals surface area contributed by atoms with Crippen molar-refractivity contribution in [2.24, 2.45) is 0 Å². The Balaban J connectivity index is 1.97. The fourth-order valence-electron chi connectivity index (χ4n) is 1.32. The standard InChI is InChI=1S/C14H8BrNO2S/c15-13-7-5-12(19-13)6-8-14(17)18-11-3-1-10(9-16)2-4-11/h1-8H/b8-6+. The molecule has 0 saturated heterocycles. The smallest absolute Gasteiger partial charge is 0.336 e. The van der Waals surface area contributed by atoms with Crippen molar-refractivity contribution in [1.82, 2.24) is 0 Å². The summed E-state index contributed by atoms with van der Waals surface area (Å²) in [5, 5.41) is 8.65. The maximum atomic E-state index is 11.6. The van der Waals surface area contributed by atoms with Crippen LogP contribution in [0.2, 0.25) is 0 Å². The van der Waals surface area contributed by atoms with E-state index < -0.39 is 5.97 Å². The first-order chi connectivity index (χ1) is 9.17. The predicted molar refractivity (Wildman–Crippen MR) is 77.8 cm³/mol. The molecule has 0 bridgehead atoms. The predicted octanol–water partition coefficient (Wildman–Crippen LogP) is 4.00. The minimum Gasteiger partial charge on any atom is -0.423 e. The Labute approximate surface area is 122 Å². The molecule has 0 amide bonds. The number of ether oxygens (including phenoxy) is 1. The van der Waals surface area contributed by atoms with Gasteiger partial charge in [-0.15, -0.1) is 11.3 Å². The molecule has 5 heteroatoms. The molecule has 0 aliphatic rings. The molecule has 0 spiro atoms. The van der Waals surface area contributed by atoms with Gasteiger partial charge in [-0.05, 0) is 58.4 Å². The van der Waals surface area contributed by atoms with E-state index in [1.165, 1.54) is 17.4 Å². The number of carbonyl (C=O) groups excluding carboxylic acids is 1. The molecule has 19 heavy (non-hydrogen) atoms. The third kappa shape index (κ3) is 4.05. The van der Waals surface area contributed by atoms with Crippen LogP contribution in [0.25, 0.3) is 6.08 Å². The maximum Gasteiger partial charge on any atom is 0.336 e. The third-order valence-electron chi connectivity index (χ3n) is 2.18. The molecule has 0 aliphatic carbocycles. The van der Waals surface area contributed by atoms with Gasteiger partial charge in [0.25, 0.3) is 0 Å². The largest absolute Gasteiger partial charge is 0.423 e. The fraction of sp³-hybridized carbons (Fsp3) is 0. The molecule has 0 radical (unpaired) electrons. The highest BCUT2D eigenvalue weighted by molar-refractivity contribution is 9.11. The van der Waals surface area contributed by atoms with E-state index in [2.05, 4.69) is 15.9 Å². The van der Waals surface area contributed by atoms with E-state index in [0.717, 1.165) is 8.66 Å². The van der Waals surface area contributed by atoms with Crippen molar-refractivity contribution >= 4 is 39.3 Å². The van der Waals surface area contributed by atoms with Crippen LogP contribution in [-0.2, 0) is 4.79 Å². The molecule has 0 atom stereocenters. The average Bonchev–Trinajstić information content (AvgIpc) is 2.83. The molecule has 2 aromatic rings. The van der Waals surface area contributed by atoms with E-state index >= 15 is 0 Å². The summed E-state index contributed by atoms with van der Waals surface area (Å²) in [6.45, 7) is 0. The van der Waals surface area contributed by atoms with E-state index in [9.17, 15) is 4.79 Å². The van der Waals surface area contributed by atoms with Gasteiger partial charge in [0.1, 0.15) is 5.75 Å². The summed E-state index contributed by atoms with van der Waals surface area (Å²) in [5.41, 5.74) is 0.527. The van der Waals surface area contributed by atoms with Gasteiger partial charge < -0.3 is 4.74 Å². The second-order valence-electron chi connectivity index (χ2n) is 3.53. The van der Waals surface area contributed by atoms with E-state index in [0.29, 0.717) is 11.3 Å². The molecule has 0 N–H and O–H groups in total. The van der Waals surface area contributed by atoms with Crippen LogP contribution in [-0.4, -0.2) is 5.97 Å². The van der Waals surface area contributed by atoms with Crippen LogP contribution in [0.5, 0.6) is 5.75 Å². The molecule has 0 fully saturated rings. The minimum atomic E-state index is -0.450. The zero-order valence-electron chi connectivity index (χ0n) is 9.67. The molecular weight excluding hydrogens is 326 g/mol. The summed E-state index contributed by atoms with van der Waals surface area (Å²) in [6.07, 6.45) is 3.07. The Morgan fingerprint density at radius 1 is 1.26 bits per heavy atom. The van der Waals surface area contributed by atoms with Crippen LogP contribution >= 0.6 is 27.3 Å². The highest BCUT2D eigenvalue weighted by atomic mass is 79.9. The van der Waals surface area contributed by atoms with Crippen LogP contribution in [0.3, 0.4) is 0 Å². The molecule has 3 nitrogen and oxygen atoms in total. The topological polar surface area (TPSA) is 50.1 Å². The second kappa shape index (κ2) is 6.32. The molecule has 1 heterocycles. The summed E-state index contributed by atoms with van der Waals surface area (Å²) in [5.74, 6) is -0.0322. The van der Waals surface area contributed by atoms with Crippen LogP contribution in [0.4, 0.5) is 0 Å². The van der Waals surface area contributed by atoms with Crippen LogP contribution < -0.4 is 4.74 Å². The number of carbonyl (C=O) groups is 1. The summed E-state index contributed by atoms with van der Waals surface area (Å²) >= 11 is 4.88. The summed E-state index contributed by atoms with van der Waals surface area (Å²) in [7, 11) is 0. The molecule has 1 aromatic carbocycles. The summed E-state index contributed by atoms with van der Waals surface area (Å²) in [4.78, 5) is 12.5. The van der Waals surface area contributed by atoms with E-state index in [4.69, 9.17) is 10.00 Å². The lowest BCUT2D eigenvalue weighted by molar-refractivity contribution is -0.128. The van der Waals surface area contributed by atoms with Gasteiger partial charge in [-0.1, -0.05) is 0 Å². The maximum absolute atomic E-state index is 11.6. The van der Waals surface area contributed by atoms with Gasteiger partial charge >= 0.3 is 5.97 Å². The number of nitrogens with zero attached hydrogens (tertiary/aromatic N) is 1. The highest BCUT2D eigenvalue weighted by Crippen LogP contribution is 2.23. The van der Waals surface area contributed by atoms with Crippen molar-refractivity contribution in [3.63, 3.8) is 0 Å². The monoisotopic (exact) mass is 333 g/mol. The summed E-state index contributed by atoms with van der Waals surface area (Å²) < 4.78 is 6.11. The third-order valence-corrected chi connectivity index (χ3v) is 3.77. The zero-order valence-corrected chi connectivity index (χ0v) is 12.1. The van der Waals surface area contributed by atoms with Crippen molar-refractivity contribution in [3.8, 4) is 11.8 Å². The lowest BCUT2D eigenvalue weighted by Crippen LogP contribution is -2.03. The minimum absolute atomic E-state index is 0.418. The lowest BCUT2D eigenvalue weighted by atomic mass is 10.2. The molecule has 94 valence electrons. The number of hydrogen-bond donors (Lipinski definition) is 0. The number of hydrogen-bond acceptors (Lipinski definition) is 4. The van der Waals surface area contributed by atoms with Gasteiger partial charge in [0.2, 0.25) is 0 Å². The lowest BCUT2D eigenvalue weighted by Gasteiger charge is -2.00. The Bertz CT molecular complexity index is 653. The van der Waals surface area contributed by atoms with Crippen LogP contribution in [0.15, 0.2) is 46.3 Å². The fourth-order valence-corrected chi connectivity index (χ4v) is 2.64. The first-order valence-corrected chi connectivity index (χ1v) is 6.94. The SMILES string of the molecule is N#Cc1ccc(OC(=O)/C=C/c2ccc(Br)s2)cc1. The molecule has 0 saturated carbocycles. The number of benzene rings is 1. The Kier molecular flexibility index (Phi) is 4.50. The summed E-state index contributed by atoms with van der Waals surface area (Å²) in [6, 6.07) is 12.2. The Hall–Kier alpha value is -1.90. The van der Waals surface area contributed by atoms with Crippen molar-refractivity contribution < 1.29 is 9.53 Å². The first-order valence-electron chi connectivity index (χ1n) is 5.33. The Morgan fingerprint density at radius 3 is 2.58 bits per heavy atom. The van der Waals surface area contributed by atoms with Crippen molar-refractivity contribution in [3.05, 3.63) is 56.7 Å². The highest BCUT2D eigenvalue weighted by Gasteiger charge is 2.01. The van der Waals surface area contributed by atoms with Crippen LogP contribution in [0, 0.1) is 11.3 Å². The number of nitriles is 1. The van der Waals surface area contributed by atoms with Crippen molar-refractivity contribution in [1.29, 1.82) is 5.26 Å². The van der Waals surface area contributed by atoms with Gasteiger partial charge in [-0.25, -0.2) is 4.79 Å². The number of rotatable bonds is 3. The van der Waals surface area contributed by atoms with Gasteiger partial charge in [0.05, 0.1) is 15.4 Å². The molecule has 0 unspecified atom stereocenters. The van der Waals surface area contributed by atoms with Gasteiger partial charge in [-0.3, -0.25) is 0 Å². The van der Waals surface area contributed by atoms with E-state index in [1.54, 1.807) is 30.3 Å². The molecule has 0 aliphatic heterocycles. The van der Waals surface area contributed by atoms with Gasteiger partial charge in [0, 0.05) is 11.0 Å². The zero-order chi connectivity index (χ0) is 13.7. The number of esters is 1. The Morgan fingerprint density at radius 2 is 2.00 bits per heavy atom. The number of thiophene rings is 1. The van der Waals surface area contributed by atoms with Gasteiger partial charge in [0.15, 0.2) is 0 Å². The van der Waals surface area contributed by atoms with Crippen LogP contribution in [0.1, 0.15) is 10.4 Å². The first kappa shape index (κ1) is 13.5. The van der Waals surface area contributed by atoms with E-state index in [-0.39, 0.29) is 0 Å². The van der Waals surface area contributed by atoms with E-state index in [1.807, 2.05) is 18.2 Å². The quantitative estimate of drug-likeness (QED) is 0.484. The van der Waals surface area contributed by atoms with Crippen molar-refractivity contribution in [2.45, 2.75) is 0 Å². The van der Waals surface area contributed by atoms with Crippen molar-refractivity contribution in [2.75, 3.05) is 0 Å². The normalized spacial score (nSPS) is 10.3.